The van der Waals surface area contributed by atoms with Crippen LogP contribution in [0.5, 0.6) is 0 Å². The van der Waals surface area contributed by atoms with Gasteiger partial charge in [0.2, 0.25) is 0 Å². The summed E-state index contributed by atoms with van der Waals surface area (Å²) in [4.78, 5) is 26.7. The molecule has 172 valence electrons. The fourth-order valence-electron chi connectivity index (χ4n) is 5.29. The lowest BCUT2D eigenvalue weighted by Crippen LogP contribution is -2.57. The second-order valence-corrected chi connectivity index (χ2v) is 9.24. The standard InChI is InChI=1S/C27H28N6O/c1-17-16-33(25-13-26(34)31(4)24-11-10-20(14-28)30-27(24)25)18(2)15-32(17)19(3)21-7-5-9-23-22(21)8-6-12-29-23/h5-13,17-19H,15-16H2,1-4H3/t17-,18+,19?/m1/s1. The van der Waals surface area contributed by atoms with Crippen molar-refractivity contribution in [3.05, 3.63) is 76.3 Å². The molecule has 34 heavy (non-hydrogen) atoms. The van der Waals surface area contributed by atoms with E-state index in [9.17, 15) is 10.1 Å². The minimum Gasteiger partial charge on any atom is -0.364 e. The predicted octanol–water partition coefficient (Wildman–Crippen LogP) is 4.01. The summed E-state index contributed by atoms with van der Waals surface area (Å²) >= 11 is 0. The molecule has 1 saturated heterocycles. The number of rotatable bonds is 3. The second-order valence-electron chi connectivity index (χ2n) is 9.24. The minimum absolute atomic E-state index is 0.0760. The molecule has 1 aromatic carbocycles. The lowest BCUT2D eigenvalue weighted by molar-refractivity contribution is 0.120. The van der Waals surface area contributed by atoms with Crippen LogP contribution in [0.1, 0.15) is 38.1 Å². The third-order valence-electron chi connectivity index (χ3n) is 7.15. The van der Waals surface area contributed by atoms with Gasteiger partial charge in [0.05, 0.1) is 16.7 Å². The van der Waals surface area contributed by atoms with Crippen molar-refractivity contribution in [3.8, 4) is 6.07 Å². The summed E-state index contributed by atoms with van der Waals surface area (Å²) in [6.07, 6.45) is 1.83. The fraction of sp³-hybridized carbons (Fsp3) is 0.333. The summed E-state index contributed by atoms with van der Waals surface area (Å²) in [5.41, 5.74) is 4.80. The predicted molar refractivity (Wildman–Crippen MR) is 135 cm³/mol. The number of nitrogens with zero attached hydrogens (tertiary/aromatic N) is 6. The Morgan fingerprint density at radius 1 is 1.09 bits per heavy atom. The Hall–Kier alpha value is -3.76. The third kappa shape index (κ3) is 3.61. The van der Waals surface area contributed by atoms with E-state index in [-0.39, 0.29) is 23.7 Å². The van der Waals surface area contributed by atoms with Crippen LogP contribution in [-0.4, -0.2) is 44.6 Å². The lowest BCUT2D eigenvalue weighted by atomic mass is 9.97. The molecule has 7 nitrogen and oxygen atoms in total. The molecule has 0 bridgehead atoms. The Bertz CT molecular complexity index is 1480. The topological polar surface area (TPSA) is 78.0 Å². The van der Waals surface area contributed by atoms with E-state index in [2.05, 4.69) is 70.9 Å². The summed E-state index contributed by atoms with van der Waals surface area (Å²) in [6.45, 7) is 8.28. The van der Waals surface area contributed by atoms with E-state index in [0.717, 1.165) is 29.8 Å². The maximum Gasteiger partial charge on any atom is 0.252 e. The molecule has 7 heteroatoms. The number of fused-ring (bicyclic) bond motifs is 2. The van der Waals surface area contributed by atoms with Crippen molar-refractivity contribution in [2.24, 2.45) is 7.05 Å². The number of hydrogen-bond donors (Lipinski definition) is 0. The molecule has 0 N–H and O–H groups in total. The van der Waals surface area contributed by atoms with Crippen molar-refractivity contribution in [2.75, 3.05) is 18.0 Å². The van der Waals surface area contributed by atoms with Crippen LogP contribution in [0.2, 0.25) is 0 Å². The van der Waals surface area contributed by atoms with E-state index < -0.39 is 0 Å². The van der Waals surface area contributed by atoms with Gasteiger partial charge in [0.25, 0.3) is 5.56 Å². The highest BCUT2D eigenvalue weighted by Gasteiger charge is 2.34. The number of pyridine rings is 3. The van der Waals surface area contributed by atoms with Gasteiger partial charge in [0, 0.05) is 55.9 Å². The first kappa shape index (κ1) is 22.1. The minimum atomic E-state index is -0.0760. The van der Waals surface area contributed by atoms with Gasteiger partial charge in [-0.15, -0.1) is 0 Å². The van der Waals surface area contributed by atoms with Crippen LogP contribution in [0.25, 0.3) is 21.9 Å². The van der Waals surface area contributed by atoms with Crippen molar-refractivity contribution in [2.45, 2.75) is 38.9 Å². The molecule has 4 heterocycles. The lowest BCUT2D eigenvalue weighted by Gasteiger charge is -2.48. The van der Waals surface area contributed by atoms with E-state index in [4.69, 9.17) is 0 Å². The molecule has 5 rings (SSSR count). The quantitative estimate of drug-likeness (QED) is 0.467. The Labute approximate surface area is 198 Å². The van der Waals surface area contributed by atoms with Crippen LogP contribution >= 0.6 is 0 Å². The zero-order chi connectivity index (χ0) is 24.0. The van der Waals surface area contributed by atoms with Crippen LogP contribution in [-0.2, 0) is 7.05 Å². The summed E-state index contributed by atoms with van der Waals surface area (Å²) in [5.74, 6) is 0. The van der Waals surface area contributed by atoms with Gasteiger partial charge < -0.3 is 9.47 Å². The number of nitriles is 1. The first-order chi connectivity index (χ1) is 16.4. The maximum absolute atomic E-state index is 12.7. The monoisotopic (exact) mass is 452 g/mol. The third-order valence-corrected chi connectivity index (χ3v) is 7.15. The van der Waals surface area contributed by atoms with E-state index in [1.54, 1.807) is 23.7 Å². The summed E-state index contributed by atoms with van der Waals surface area (Å²) < 4.78 is 1.59. The van der Waals surface area contributed by atoms with Gasteiger partial charge in [-0.1, -0.05) is 18.2 Å². The fourth-order valence-corrected chi connectivity index (χ4v) is 5.29. The van der Waals surface area contributed by atoms with Gasteiger partial charge in [0.15, 0.2) is 0 Å². The molecule has 0 saturated carbocycles. The summed E-state index contributed by atoms with van der Waals surface area (Å²) in [7, 11) is 1.74. The van der Waals surface area contributed by atoms with Gasteiger partial charge in [-0.25, -0.2) is 4.98 Å². The van der Waals surface area contributed by atoms with Gasteiger partial charge in [-0.05, 0) is 50.6 Å². The molecule has 1 aliphatic rings. The smallest absolute Gasteiger partial charge is 0.252 e. The highest BCUT2D eigenvalue weighted by molar-refractivity contribution is 5.89. The first-order valence-electron chi connectivity index (χ1n) is 11.7. The number of hydrogen-bond acceptors (Lipinski definition) is 6. The zero-order valence-corrected chi connectivity index (χ0v) is 19.9. The van der Waals surface area contributed by atoms with Crippen molar-refractivity contribution in [1.29, 1.82) is 5.26 Å². The first-order valence-corrected chi connectivity index (χ1v) is 11.7. The van der Waals surface area contributed by atoms with Gasteiger partial charge in [0.1, 0.15) is 17.3 Å². The van der Waals surface area contributed by atoms with Crippen LogP contribution in [0.4, 0.5) is 5.69 Å². The van der Waals surface area contributed by atoms with Crippen LogP contribution in [0, 0.1) is 11.3 Å². The molecule has 0 aliphatic carbocycles. The highest BCUT2D eigenvalue weighted by Crippen LogP contribution is 2.34. The average Bonchev–Trinajstić information content (AvgIpc) is 2.86. The zero-order valence-electron chi connectivity index (χ0n) is 19.9. The molecular weight excluding hydrogens is 424 g/mol. The molecule has 0 spiro atoms. The van der Waals surface area contributed by atoms with Gasteiger partial charge in [-0.3, -0.25) is 14.7 Å². The molecule has 0 amide bonds. The Balaban J connectivity index is 1.51. The summed E-state index contributed by atoms with van der Waals surface area (Å²) in [5, 5.41) is 10.6. The number of aryl methyl sites for hydroxylation is 1. The molecule has 3 atom stereocenters. The van der Waals surface area contributed by atoms with Crippen molar-refractivity contribution >= 4 is 27.6 Å². The molecule has 1 fully saturated rings. The van der Waals surface area contributed by atoms with Crippen molar-refractivity contribution in [1.82, 2.24) is 19.4 Å². The molecule has 1 unspecified atom stereocenters. The Morgan fingerprint density at radius 3 is 2.71 bits per heavy atom. The van der Waals surface area contributed by atoms with E-state index in [1.165, 1.54) is 10.9 Å². The molecule has 3 aromatic heterocycles. The molecular formula is C27H28N6O. The Morgan fingerprint density at radius 2 is 1.91 bits per heavy atom. The number of anilines is 1. The van der Waals surface area contributed by atoms with Gasteiger partial charge >= 0.3 is 0 Å². The van der Waals surface area contributed by atoms with Gasteiger partial charge in [-0.2, -0.15) is 5.26 Å². The van der Waals surface area contributed by atoms with Crippen molar-refractivity contribution in [3.63, 3.8) is 0 Å². The van der Waals surface area contributed by atoms with Crippen LogP contribution in [0.15, 0.2) is 59.5 Å². The normalized spacial score (nSPS) is 19.9. The largest absolute Gasteiger partial charge is 0.364 e. The van der Waals surface area contributed by atoms with E-state index >= 15 is 0 Å². The number of piperazine rings is 1. The SMILES string of the molecule is CC(c1cccc2ncccc12)N1C[C@H](C)N(c2cc(=O)n(C)c3ccc(C#N)nc23)C[C@H]1C. The van der Waals surface area contributed by atoms with E-state index in [1.807, 2.05) is 18.3 Å². The van der Waals surface area contributed by atoms with Crippen molar-refractivity contribution < 1.29 is 0 Å². The molecule has 1 aliphatic heterocycles. The summed E-state index contributed by atoms with van der Waals surface area (Å²) in [6, 6.07) is 18.4. The average molecular weight is 453 g/mol. The second kappa shape index (κ2) is 8.54. The Kier molecular flexibility index (Phi) is 5.54. The molecule has 4 aromatic rings. The number of benzene rings is 1. The van der Waals surface area contributed by atoms with E-state index in [0.29, 0.717) is 11.2 Å². The number of aromatic nitrogens is 3. The molecule has 0 radical (unpaired) electrons. The van der Waals surface area contributed by atoms with Crippen LogP contribution < -0.4 is 10.5 Å². The van der Waals surface area contributed by atoms with Crippen LogP contribution in [0.3, 0.4) is 0 Å². The highest BCUT2D eigenvalue weighted by atomic mass is 16.1. The maximum atomic E-state index is 12.7.